The van der Waals surface area contributed by atoms with E-state index >= 15 is 0 Å². The molecule has 5 rings (SSSR count). The van der Waals surface area contributed by atoms with E-state index in [9.17, 15) is 18.0 Å². The van der Waals surface area contributed by atoms with Gasteiger partial charge in [0, 0.05) is 43.4 Å². The number of fused-ring (bicyclic) bond motifs is 1. The number of nitrogens with zero attached hydrogens (tertiary/aromatic N) is 5. The first-order chi connectivity index (χ1) is 17.3. The number of rotatable bonds is 6. The van der Waals surface area contributed by atoms with Crippen LogP contribution in [0.3, 0.4) is 0 Å². The fourth-order valence-corrected chi connectivity index (χ4v) is 6.00. The molecule has 188 valence electrons. The maximum atomic E-state index is 13.3. The zero-order valence-electron chi connectivity index (χ0n) is 19.6. The highest BCUT2D eigenvalue weighted by molar-refractivity contribution is 7.89. The SMILES string of the molecule is CCCn1c(=O)c2[nH]cnc2n(-c2ccc(S(=O)(=O)N3CCN(c4ccc(Cl)cc4)CC3)cc2)c1=O. The lowest BCUT2D eigenvalue weighted by atomic mass is 10.2. The van der Waals surface area contributed by atoms with E-state index < -0.39 is 21.3 Å². The molecule has 0 unspecified atom stereocenters. The monoisotopic (exact) mass is 528 g/mol. The van der Waals surface area contributed by atoms with E-state index in [1.165, 1.54) is 27.3 Å². The van der Waals surface area contributed by atoms with E-state index in [4.69, 9.17) is 11.6 Å². The Bertz CT molecular complexity index is 1620. The summed E-state index contributed by atoms with van der Waals surface area (Å²) in [7, 11) is -3.72. The number of anilines is 1. The fourth-order valence-electron chi connectivity index (χ4n) is 4.46. The molecule has 0 aliphatic carbocycles. The first kappa shape index (κ1) is 24.3. The molecule has 0 bridgehead atoms. The molecule has 4 aromatic rings. The van der Waals surface area contributed by atoms with Crippen LogP contribution in [0.2, 0.25) is 5.02 Å². The Morgan fingerprint density at radius 1 is 0.944 bits per heavy atom. The predicted molar refractivity (Wildman–Crippen MR) is 139 cm³/mol. The van der Waals surface area contributed by atoms with Gasteiger partial charge in [0.2, 0.25) is 10.0 Å². The van der Waals surface area contributed by atoms with Gasteiger partial charge in [-0.2, -0.15) is 4.31 Å². The zero-order chi connectivity index (χ0) is 25.4. The van der Waals surface area contributed by atoms with Crippen LogP contribution in [0.15, 0.2) is 69.3 Å². The predicted octanol–water partition coefficient (Wildman–Crippen LogP) is 2.45. The number of hydrogen-bond acceptors (Lipinski definition) is 6. The van der Waals surface area contributed by atoms with Gasteiger partial charge in [0.1, 0.15) is 5.52 Å². The van der Waals surface area contributed by atoms with Gasteiger partial charge in [0.25, 0.3) is 5.56 Å². The van der Waals surface area contributed by atoms with E-state index in [1.807, 2.05) is 31.2 Å². The minimum Gasteiger partial charge on any atom is -0.369 e. The van der Waals surface area contributed by atoms with Crippen LogP contribution in [0, 0.1) is 0 Å². The van der Waals surface area contributed by atoms with Crippen molar-refractivity contribution >= 4 is 38.5 Å². The topological polar surface area (TPSA) is 113 Å². The maximum absolute atomic E-state index is 13.3. The third-order valence-electron chi connectivity index (χ3n) is 6.32. The fraction of sp³-hybridized carbons (Fsp3) is 0.292. The van der Waals surface area contributed by atoms with Gasteiger partial charge in [-0.3, -0.25) is 9.36 Å². The Hall–Kier alpha value is -3.41. The number of nitrogens with one attached hydrogen (secondary N) is 1. The van der Waals surface area contributed by atoms with Crippen molar-refractivity contribution in [3.8, 4) is 5.69 Å². The van der Waals surface area contributed by atoms with E-state index in [1.54, 1.807) is 12.1 Å². The average molecular weight is 529 g/mol. The normalized spacial score (nSPS) is 15.0. The van der Waals surface area contributed by atoms with Gasteiger partial charge >= 0.3 is 5.69 Å². The van der Waals surface area contributed by atoms with Crippen molar-refractivity contribution in [1.29, 1.82) is 0 Å². The average Bonchev–Trinajstić information content (AvgIpc) is 3.37. The molecule has 0 atom stereocenters. The second-order valence-corrected chi connectivity index (χ2v) is 10.9. The van der Waals surface area contributed by atoms with Gasteiger partial charge in [-0.05, 0) is 55.0 Å². The lowest BCUT2D eigenvalue weighted by molar-refractivity contribution is 0.385. The molecule has 0 saturated carbocycles. The summed E-state index contributed by atoms with van der Waals surface area (Å²) < 4.78 is 30.6. The second-order valence-electron chi connectivity index (χ2n) is 8.54. The van der Waals surface area contributed by atoms with Crippen LogP contribution in [0.1, 0.15) is 13.3 Å². The number of benzene rings is 2. The molecule has 12 heteroatoms. The Morgan fingerprint density at radius 2 is 1.58 bits per heavy atom. The minimum atomic E-state index is -3.72. The Labute approximate surface area is 212 Å². The molecule has 1 aliphatic rings. The Morgan fingerprint density at radius 3 is 2.22 bits per heavy atom. The third-order valence-corrected chi connectivity index (χ3v) is 8.49. The van der Waals surface area contributed by atoms with Gasteiger partial charge < -0.3 is 9.88 Å². The molecule has 1 aliphatic heterocycles. The number of aromatic amines is 1. The zero-order valence-corrected chi connectivity index (χ0v) is 21.2. The molecule has 36 heavy (non-hydrogen) atoms. The molecule has 0 spiro atoms. The van der Waals surface area contributed by atoms with Crippen molar-refractivity contribution in [1.82, 2.24) is 23.4 Å². The summed E-state index contributed by atoms with van der Waals surface area (Å²) in [5, 5.41) is 0.655. The highest BCUT2D eigenvalue weighted by atomic mass is 35.5. The summed E-state index contributed by atoms with van der Waals surface area (Å²) in [5.74, 6) is 0. The number of piperazine rings is 1. The Kier molecular flexibility index (Phi) is 6.45. The molecule has 2 aromatic carbocycles. The molecule has 1 fully saturated rings. The molecule has 10 nitrogen and oxygen atoms in total. The van der Waals surface area contributed by atoms with Gasteiger partial charge in [0.05, 0.1) is 16.9 Å². The second kappa shape index (κ2) is 9.57. The lowest BCUT2D eigenvalue weighted by Gasteiger charge is -2.35. The van der Waals surface area contributed by atoms with Crippen LogP contribution in [0.4, 0.5) is 5.69 Å². The largest absolute Gasteiger partial charge is 0.369 e. The highest BCUT2D eigenvalue weighted by Gasteiger charge is 2.29. The molecule has 1 N–H and O–H groups in total. The quantitative estimate of drug-likeness (QED) is 0.411. The number of aromatic nitrogens is 4. The van der Waals surface area contributed by atoms with E-state index in [0.29, 0.717) is 43.3 Å². The van der Waals surface area contributed by atoms with Crippen LogP contribution in [-0.2, 0) is 16.6 Å². The van der Waals surface area contributed by atoms with E-state index in [2.05, 4.69) is 14.9 Å². The van der Waals surface area contributed by atoms with Crippen molar-refractivity contribution in [3.05, 3.63) is 80.7 Å². The molecule has 3 heterocycles. The summed E-state index contributed by atoms with van der Waals surface area (Å²) in [6.45, 7) is 3.96. The van der Waals surface area contributed by atoms with Crippen molar-refractivity contribution in [3.63, 3.8) is 0 Å². The first-order valence-electron chi connectivity index (χ1n) is 11.6. The van der Waals surface area contributed by atoms with Crippen LogP contribution < -0.4 is 16.1 Å². The summed E-state index contributed by atoms with van der Waals surface area (Å²) in [6.07, 6.45) is 1.97. The van der Waals surface area contributed by atoms with Crippen LogP contribution in [0.25, 0.3) is 16.9 Å². The minimum absolute atomic E-state index is 0.138. The number of sulfonamides is 1. The number of imidazole rings is 1. The van der Waals surface area contributed by atoms with Crippen LogP contribution in [0.5, 0.6) is 0 Å². The van der Waals surface area contributed by atoms with Crippen molar-refractivity contribution in [2.24, 2.45) is 0 Å². The summed E-state index contributed by atoms with van der Waals surface area (Å²) in [6, 6.07) is 13.6. The standard InChI is InChI=1S/C24H25ClN6O4S/c1-2-11-30-23(32)21-22(27-16-26-21)31(24(30)33)19-7-9-20(10-8-19)36(34,35)29-14-12-28(13-15-29)18-5-3-17(25)4-6-18/h3-10,16H,2,11-15H2,1H3,(H,26,27). The molecular formula is C24H25ClN6O4S. The third kappa shape index (κ3) is 4.23. The van der Waals surface area contributed by atoms with Gasteiger partial charge in [-0.15, -0.1) is 0 Å². The number of H-pyrrole nitrogens is 1. The van der Waals surface area contributed by atoms with Crippen molar-refractivity contribution in [2.75, 3.05) is 31.1 Å². The van der Waals surface area contributed by atoms with E-state index in [-0.39, 0.29) is 22.6 Å². The number of hydrogen-bond donors (Lipinski definition) is 1. The van der Waals surface area contributed by atoms with Crippen molar-refractivity contribution < 1.29 is 8.42 Å². The first-order valence-corrected chi connectivity index (χ1v) is 13.4. The molecular weight excluding hydrogens is 504 g/mol. The highest BCUT2D eigenvalue weighted by Crippen LogP contribution is 2.23. The smallest absolute Gasteiger partial charge is 0.337 e. The summed E-state index contributed by atoms with van der Waals surface area (Å²) >= 11 is 5.97. The molecule has 0 radical (unpaired) electrons. The summed E-state index contributed by atoms with van der Waals surface area (Å²) in [4.78, 5) is 35.0. The van der Waals surface area contributed by atoms with Gasteiger partial charge in [-0.1, -0.05) is 18.5 Å². The van der Waals surface area contributed by atoms with Crippen LogP contribution in [-0.4, -0.2) is 58.0 Å². The van der Waals surface area contributed by atoms with Crippen LogP contribution >= 0.6 is 11.6 Å². The molecule has 1 saturated heterocycles. The number of halogens is 1. The molecule has 0 amide bonds. The maximum Gasteiger partial charge on any atom is 0.337 e. The Balaban J connectivity index is 1.41. The summed E-state index contributed by atoms with van der Waals surface area (Å²) in [5.41, 5.74) is 0.899. The van der Waals surface area contributed by atoms with Gasteiger partial charge in [0.15, 0.2) is 5.65 Å². The molecule has 2 aromatic heterocycles. The lowest BCUT2D eigenvalue weighted by Crippen LogP contribution is -2.48. The van der Waals surface area contributed by atoms with Crippen molar-refractivity contribution in [2.45, 2.75) is 24.8 Å². The van der Waals surface area contributed by atoms with Gasteiger partial charge in [-0.25, -0.2) is 22.8 Å². The van der Waals surface area contributed by atoms with E-state index in [0.717, 1.165) is 10.3 Å².